The number of aliphatic hydroxyl groups is 1. The van der Waals surface area contributed by atoms with Crippen LogP contribution in [0.4, 0.5) is 0 Å². The molecule has 1 atom stereocenters. The highest BCUT2D eigenvalue weighted by atomic mass is 35.5. The van der Waals surface area contributed by atoms with E-state index in [9.17, 15) is 5.11 Å². The van der Waals surface area contributed by atoms with Gasteiger partial charge in [-0.1, -0.05) is 38.3 Å². The van der Waals surface area contributed by atoms with E-state index in [0.29, 0.717) is 16.5 Å². The second-order valence-corrected chi connectivity index (χ2v) is 4.60. The third kappa shape index (κ3) is 2.90. The molecule has 0 spiro atoms. The smallest absolute Gasteiger partial charge is 0.147 e. The number of hydrogen-bond donors (Lipinski definition) is 1. The van der Waals surface area contributed by atoms with Crippen molar-refractivity contribution >= 4 is 11.6 Å². The standard InChI is InChI=1S/C14H21ClO3/c1-5-9(6-2)13(16)10-7-8-11(17-3)12(15)14(10)18-4/h7-9,13,16H,5-6H2,1-4H3. The molecule has 0 aliphatic carbocycles. The van der Waals surface area contributed by atoms with Gasteiger partial charge in [0.15, 0.2) is 0 Å². The van der Waals surface area contributed by atoms with Gasteiger partial charge in [0.2, 0.25) is 0 Å². The van der Waals surface area contributed by atoms with Gasteiger partial charge < -0.3 is 14.6 Å². The average Bonchev–Trinajstić information content (AvgIpc) is 2.39. The molecule has 4 heteroatoms. The Morgan fingerprint density at radius 3 is 2.22 bits per heavy atom. The van der Waals surface area contributed by atoms with Gasteiger partial charge in [0.05, 0.1) is 20.3 Å². The maximum atomic E-state index is 10.4. The first-order valence-electron chi connectivity index (χ1n) is 6.19. The maximum Gasteiger partial charge on any atom is 0.147 e. The predicted molar refractivity (Wildman–Crippen MR) is 73.6 cm³/mol. The minimum Gasteiger partial charge on any atom is -0.495 e. The fourth-order valence-corrected chi connectivity index (χ4v) is 2.47. The number of benzene rings is 1. The summed E-state index contributed by atoms with van der Waals surface area (Å²) in [5.74, 6) is 1.24. The minimum absolute atomic E-state index is 0.198. The van der Waals surface area contributed by atoms with Gasteiger partial charge in [-0.05, 0) is 18.1 Å². The van der Waals surface area contributed by atoms with Crippen LogP contribution in [-0.4, -0.2) is 19.3 Å². The van der Waals surface area contributed by atoms with Crippen LogP contribution >= 0.6 is 11.6 Å². The molecular formula is C14H21ClO3. The fourth-order valence-electron chi connectivity index (χ4n) is 2.14. The first kappa shape index (κ1) is 15.1. The zero-order valence-corrected chi connectivity index (χ0v) is 12.1. The molecule has 0 saturated heterocycles. The van der Waals surface area contributed by atoms with Gasteiger partial charge in [-0.15, -0.1) is 0 Å². The highest BCUT2D eigenvalue weighted by Gasteiger charge is 2.24. The van der Waals surface area contributed by atoms with Crippen LogP contribution in [0, 0.1) is 5.92 Å². The van der Waals surface area contributed by atoms with Gasteiger partial charge in [0.1, 0.15) is 16.5 Å². The van der Waals surface area contributed by atoms with E-state index in [0.717, 1.165) is 18.4 Å². The summed E-state index contributed by atoms with van der Waals surface area (Å²) in [5.41, 5.74) is 0.719. The lowest BCUT2D eigenvalue weighted by molar-refractivity contribution is 0.100. The topological polar surface area (TPSA) is 38.7 Å². The van der Waals surface area contributed by atoms with E-state index in [2.05, 4.69) is 13.8 Å². The Labute approximate surface area is 114 Å². The summed E-state index contributed by atoms with van der Waals surface area (Å²) in [6.07, 6.45) is 1.24. The second kappa shape index (κ2) is 6.86. The molecule has 0 aliphatic heterocycles. The number of halogens is 1. The second-order valence-electron chi connectivity index (χ2n) is 4.23. The number of rotatable bonds is 6. The average molecular weight is 273 g/mol. The molecule has 0 fully saturated rings. The monoisotopic (exact) mass is 272 g/mol. The molecule has 0 aliphatic rings. The summed E-state index contributed by atoms with van der Waals surface area (Å²) in [6, 6.07) is 3.57. The van der Waals surface area contributed by atoms with E-state index in [4.69, 9.17) is 21.1 Å². The van der Waals surface area contributed by atoms with Crippen molar-refractivity contribution in [2.24, 2.45) is 5.92 Å². The minimum atomic E-state index is -0.571. The molecule has 18 heavy (non-hydrogen) atoms. The maximum absolute atomic E-state index is 10.4. The van der Waals surface area contributed by atoms with Crippen LogP contribution < -0.4 is 9.47 Å². The zero-order valence-electron chi connectivity index (χ0n) is 11.4. The molecule has 1 N–H and O–H groups in total. The molecule has 0 bridgehead atoms. The third-order valence-corrected chi connectivity index (χ3v) is 3.69. The molecule has 1 unspecified atom stereocenters. The Hall–Kier alpha value is -0.930. The van der Waals surface area contributed by atoms with Crippen molar-refractivity contribution in [3.63, 3.8) is 0 Å². The van der Waals surface area contributed by atoms with Crippen LogP contribution in [-0.2, 0) is 0 Å². The Bertz CT molecular complexity index is 389. The lowest BCUT2D eigenvalue weighted by Crippen LogP contribution is -2.12. The van der Waals surface area contributed by atoms with Crippen LogP contribution in [0.15, 0.2) is 12.1 Å². The Morgan fingerprint density at radius 2 is 1.78 bits per heavy atom. The van der Waals surface area contributed by atoms with Crippen molar-refractivity contribution in [2.75, 3.05) is 14.2 Å². The highest BCUT2D eigenvalue weighted by Crippen LogP contribution is 2.42. The lowest BCUT2D eigenvalue weighted by Gasteiger charge is -2.23. The SMILES string of the molecule is CCC(CC)C(O)c1ccc(OC)c(Cl)c1OC. The summed E-state index contributed by atoms with van der Waals surface area (Å²) >= 11 is 6.19. The van der Waals surface area contributed by atoms with Crippen molar-refractivity contribution in [3.8, 4) is 11.5 Å². The lowest BCUT2D eigenvalue weighted by atomic mass is 9.91. The first-order chi connectivity index (χ1) is 8.60. The van der Waals surface area contributed by atoms with Gasteiger partial charge >= 0.3 is 0 Å². The summed E-state index contributed by atoms with van der Waals surface area (Å²) in [6.45, 7) is 4.13. The summed E-state index contributed by atoms with van der Waals surface area (Å²) in [5, 5.41) is 10.8. The molecule has 1 rings (SSSR count). The molecule has 1 aromatic carbocycles. The predicted octanol–water partition coefficient (Wildman–Crippen LogP) is 3.83. The van der Waals surface area contributed by atoms with Crippen molar-refractivity contribution in [2.45, 2.75) is 32.8 Å². The number of aliphatic hydroxyl groups excluding tert-OH is 1. The van der Waals surface area contributed by atoms with E-state index in [-0.39, 0.29) is 5.92 Å². The summed E-state index contributed by atoms with van der Waals surface area (Å²) in [4.78, 5) is 0. The van der Waals surface area contributed by atoms with E-state index in [1.807, 2.05) is 6.07 Å². The Morgan fingerprint density at radius 1 is 1.17 bits per heavy atom. The summed E-state index contributed by atoms with van der Waals surface area (Å²) < 4.78 is 10.4. The van der Waals surface area contributed by atoms with Crippen LogP contribution in [0.3, 0.4) is 0 Å². The number of ether oxygens (including phenoxy) is 2. The molecule has 0 saturated carbocycles. The zero-order chi connectivity index (χ0) is 13.7. The largest absolute Gasteiger partial charge is 0.495 e. The molecule has 3 nitrogen and oxygen atoms in total. The summed E-state index contributed by atoms with van der Waals surface area (Å²) in [7, 11) is 3.10. The van der Waals surface area contributed by atoms with Crippen LogP contribution in [0.2, 0.25) is 5.02 Å². The van der Waals surface area contributed by atoms with E-state index in [1.165, 1.54) is 0 Å². The van der Waals surface area contributed by atoms with Gasteiger partial charge in [-0.2, -0.15) is 0 Å². The van der Waals surface area contributed by atoms with Crippen LogP contribution in [0.1, 0.15) is 38.4 Å². The van der Waals surface area contributed by atoms with E-state index >= 15 is 0 Å². The fraction of sp³-hybridized carbons (Fsp3) is 0.571. The van der Waals surface area contributed by atoms with Crippen LogP contribution in [0.25, 0.3) is 0 Å². The van der Waals surface area contributed by atoms with Gasteiger partial charge in [0, 0.05) is 5.56 Å². The van der Waals surface area contributed by atoms with Crippen LogP contribution in [0.5, 0.6) is 11.5 Å². The number of methoxy groups -OCH3 is 2. The van der Waals surface area contributed by atoms with Crippen molar-refractivity contribution in [1.82, 2.24) is 0 Å². The molecule has 0 heterocycles. The Kier molecular flexibility index (Phi) is 5.76. The molecular weight excluding hydrogens is 252 g/mol. The molecule has 102 valence electrons. The normalized spacial score (nSPS) is 12.6. The van der Waals surface area contributed by atoms with Crippen molar-refractivity contribution in [1.29, 1.82) is 0 Å². The number of hydrogen-bond acceptors (Lipinski definition) is 3. The van der Waals surface area contributed by atoms with Crippen molar-refractivity contribution in [3.05, 3.63) is 22.7 Å². The van der Waals surface area contributed by atoms with Gasteiger partial charge in [0.25, 0.3) is 0 Å². The molecule has 0 amide bonds. The first-order valence-corrected chi connectivity index (χ1v) is 6.56. The molecule has 1 aromatic rings. The van der Waals surface area contributed by atoms with E-state index < -0.39 is 6.10 Å². The quantitative estimate of drug-likeness (QED) is 0.855. The highest BCUT2D eigenvalue weighted by molar-refractivity contribution is 6.33. The van der Waals surface area contributed by atoms with E-state index in [1.54, 1.807) is 20.3 Å². The third-order valence-electron chi connectivity index (χ3n) is 3.33. The molecule has 0 aromatic heterocycles. The Balaban J connectivity index is 3.20. The van der Waals surface area contributed by atoms with Gasteiger partial charge in [-0.25, -0.2) is 0 Å². The van der Waals surface area contributed by atoms with Crippen molar-refractivity contribution < 1.29 is 14.6 Å². The van der Waals surface area contributed by atoms with Gasteiger partial charge in [-0.3, -0.25) is 0 Å². The molecule has 0 radical (unpaired) electrons.